The van der Waals surface area contributed by atoms with Crippen LogP contribution in [-0.2, 0) is 0 Å². The summed E-state index contributed by atoms with van der Waals surface area (Å²) in [5, 5.41) is 14.4. The molecule has 0 atom stereocenters. The molecule has 1 heterocycles. The van der Waals surface area contributed by atoms with Crippen molar-refractivity contribution < 1.29 is 9.94 Å². The Labute approximate surface area is 124 Å². The van der Waals surface area contributed by atoms with E-state index in [1.165, 1.54) is 6.21 Å². The average molecular weight is 288 g/mol. The van der Waals surface area contributed by atoms with Gasteiger partial charge in [0.25, 0.3) is 0 Å². The Balaban J connectivity index is 0.00000106. The number of aromatic nitrogens is 1. The Bertz CT molecular complexity index is 600. The lowest BCUT2D eigenvalue weighted by molar-refractivity contribution is 0.321. The summed E-state index contributed by atoms with van der Waals surface area (Å²) in [6.07, 6.45) is 2.79. The monoisotopic (exact) mass is 288 g/mol. The van der Waals surface area contributed by atoms with E-state index in [4.69, 9.17) is 15.7 Å². The molecule has 0 saturated heterocycles. The fourth-order valence-corrected chi connectivity index (χ4v) is 1.59. The summed E-state index contributed by atoms with van der Waals surface area (Å²) in [5.74, 6) is 1.20. The molecule has 2 aromatic rings. The molecule has 0 radical (unpaired) electrons. The number of oxime groups is 1. The first-order valence-electron chi connectivity index (χ1n) is 6.61. The van der Waals surface area contributed by atoms with Crippen LogP contribution in [0.3, 0.4) is 0 Å². The predicted molar refractivity (Wildman–Crippen MR) is 85.4 cm³/mol. The normalized spacial score (nSPS) is 9.86. The highest BCUT2D eigenvalue weighted by Crippen LogP contribution is 2.27. The summed E-state index contributed by atoms with van der Waals surface area (Å²) < 4.78 is 5.65. The topological polar surface area (TPSA) is 92.8 Å². The number of nitrogens with one attached hydrogen (secondary N) is 1. The average Bonchev–Trinajstić information content (AvgIpc) is 2.50. The molecule has 21 heavy (non-hydrogen) atoms. The predicted octanol–water partition coefficient (Wildman–Crippen LogP) is 3.33. The number of pyridine rings is 1. The largest absolute Gasteiger partial charge is 0.457 e. The Morgan fingerprint density at radius 3 is 2.57 bits per heavy atom. The third-order valence-corrected chi connectivity index (χ3v) is 2.47. The number of nitrogens with zero attached hydrogens (tertiary/aromatic N) is 2. The van der Waals surface area contributed by atoms with Gasteiger partial charge >= 0.3 is 0 Å². The zero-order valence-corrected chi connectivity index (χ0v) is 12.4. The van der Waals surface area contributed by atoms with Crippen LogP contribution in [-0.4, -0.2) is 23.5 Å². The molecule has 1 aromatic carbocycles. The van der Waals surface area contributed by atoms with E-state index in [1.807, 2.05) is 26.0 Å². The van der Waals surface area contributed by atoms with Crippen molar-refractivity contribution in [3.8, 4) is 11.5 Å². The first-order chi connectivity index (χ1) is 10.2. The van der Waals surface area contributed by atoms with Crippen LogP contribution < -0.4 is 15.8 Å². The molecule has 1 aromatic heterocycles. The van der Waals surface area contributed by atoms with E-state index < -0.39 is 0 Å². The number of nitrogens with two attached hydrogens (primary N) is 1. The van der Waals surface area contributed by atoms with Gasteiger partial charge in [-0.15, -0.1) is 0 Å². The van der Waals surface area contributed by atoms with E-state index in [0.717, 1.165) is 5.69 Å². The van der Waals surface area contributed by atoms with Gasteiger partial charge in [-0.1, -0.05) is 19.0 Å². The number of anilines is 2. The number of ether oxygens (including phenoxy) is 1. The first-order valence-corrected chi connectivity index (χ1v) is 6.61. The fourth-order valence-electron chi connectivity index (χ4n) is 1.59. The number of nitrogen functional groups attached to an aromatic ring is 1. The van der Waals surface area contributed by atoms with Crippen molar-refractivity contribution in [3.05, 3.63) is 42.2 Å². The van der Waals surface area contributed by atoms with Gasteiger partial charge in [0, 0.05) is 25.4 Å². The Morgan fingerprint density at radius 2 is 1.95 bits per heavy atom. The van der Waals surface area contributed by atoms with E-state index in [2.05, 4.69) is 15.5 Å². The molecular weight excluding hydrogens is 268 g/mol. The van der Waals surface area contributed by atoms with Gasteiger partial charge in [0.15, 0.2) is 0 Å². The molecule has 0 aliphatic carbocycles. The molecule has 2 rings (SSSR count). The molecule has 0 amide bonds. The van der Waals surface area contributed by atoms with Crippen molar-refractivity contribution in [3.63, 3.8) is 0 Å². The first kappa shape index (κ1) is 16.3. The molecule has 112 valence electrons. The highest BCUT2D eigenvalue weighted by molar-refractivity contribution is 5.76. The molecule has 0 bridgehead atoms. The Kier molecular flexibility index (Phi) is 6.53. The van der Waals surface area contributed by atoms with E-state index >= 15 is 0 Å². The highest BCUT2D eigenvalue weighted by Gasteiger charge is 2.02. The maximum Gasteiger partial charge on any atom is 0.131 e. The van der Waals surface area contributed by atoms with Gasteiger partial charge in [-0.3, -0.25) is 4.98 Å². The van der Waals surface area contributed by atoms with Crippen molar-refractivity contribution >= 4 is 17.6 Å². The van der Waals surface area contributed by atoms with E-state index in [0.29, 0.717) is 22.9 Å². The zero-order chi connectivity index (χ0) is 15.7. The number of rotatable bonds is 4. The van der Waals surface area contributed by atoms with Gasteiger partial charge in [-0.2, -0.15) is 0 Å². The molecule has 0 unspecified atom stereocenters. The summed E-state index contributed by atoms with van der Waals surface area (Å²) >= 11 is 0. The van der Waals surface area contributed by atoms with Crippen LogP contribution in [0.25, 0.3) is 0 Å². The second-order valence-corrected chi connectivity index (χ2v) is 3.76. The molecule has 4 N–H and O–H groups in total. The zero-order valence-electron chi connectivity index (χ0n) is 12.4. The molecule has 0 aliphatic heterocycles. The van der Waals surface area contributed by atoms with Crippen LogP contribution in [0.4, 0.5) is 11.4 Å². The molecule has 0 spiro atoms. The Hall–Kier alpha value is -2.76. The van der Waals surface area contributed by atoms with E-state index in [1.54, 1.807) is 31.4 Å². The number of hydrogen-bond acceptors (Lipinski definition) is 6. The van der Waals surface area contributed by atoms with Crippen LogP contribution in [0.2, 0.25) is 0 Å². The van der Waals surface area contributed by atoms with Crippen LogP contribution in [0, 0.1) is 0 Å². The van der Waals surface area contributed by atoms with Gasteiger partial charge < -0.3 is 21.0 Å². The van der Waals surface area contributed by atoms with Gasteiger partial charge in [-0.05, 0) is 18.2 Å². The quantitative estimate of drug-likeness (QED) is 0.347. The molecule has 0 saturated carbocycles. The van der Waals surface area contributed by atoms with Crippen molar-refractivity contribution in [2.45, 2.75) is 13.8 Å². The summed E-state index contributed by atoms with van der Waals surface area (Å²) in [7, 11) is 1.80. The van der Waals surface area contributed by atoms with Crippen molar-refractivity contribution in [2.75, 3.05) is 18.1 Å². The smallest absolute Gasteiger partial charge is 0.131 e. The van der Waals surface area contributed by atoms with E-state index in [-0.39, 0.29) is 0 Å². The molecule has 0 aliphatic rings. The van der Waals surface area contributed by atoms with Gasteiger partial charge in [0.1, 0.15) is 11.5 Å². The highest BCUT2D eigenvalue weighted by atomic mass is 16.5. The number of hydrogen-bond donors (Lipinski definition) is 3. The third-order valence-electron chi connectivity index (χ3n) is 2.47. The molecule has 6 heteroatoms. The SMILES string of the molecule is CC.CNc1ccc(Oc2ccnc(/C=N\O)c2)cc1N. The van der Waals surface area contributed by atoms with E-state index in [9.17, 15) is 0 Å². The summed E-state index contributed by atoms with van der Waals surface area (Å²) in [6.45, 7) is 4.00. The standard InChI is InChI=1S/C13H14N4O2.C2H6/c1-15-13-3-2-10(7-12(13)14)19-11-4-5-16-9(6-11)8-17-18;1-2/h2-8,15,18H,14H2,1H3;1-2H3/b17-8-;. The summed E-state index contributed by atoms with van der Waals surface area (Å²) in [4.78, 5) is 3.99. The van der Waals surface area contributed by atoms with Crippen LogP contribution in [0.5, 0.6) is 11.5 Å². The molecule has 6 nitrogen and oxygen atoms in total. The van der Waals surface area contributed by atoms with Crippen LogP contribution >= 0.6 is 0 Å². The summed E-state index contributed by atoms with van der Waals surface area (Å²) in [6, 6.07) is 8.73. The van der Waals surface area contributed by atoms with Crippen molar-refractivity contribution in [1.29, 1.82) is 0 Å². The second kappa shape index (κ2) is 8.42. The van der Waals surface area contributed by atoms with Crippen molar-refractivity contribution in [2.24, 2.45) is 5.16 Å². The van der Waals surface area contributed by atoms with Gasteiger partial charge in [0.2, 0.25) is 0 Å². The van der Waals surface area contributed by atoms with Crippen LogP contribution in [0.15, 0.2) is 41.7 Å². The lowest BCUT2D eigenvalue weighted by atomic mass is 10.2. The number of benzene rings is 1. The fraction of sp³-hybridized carbons (Fsp3) is 0.200. The minimum atomic E-state index is 0.500. The minimum absolute atomic E-state index is 0.500. The van der Waals surface area contributed by atoms with Crippen LogP contribution in [0.1, 0.15) is 19.5 Å². The Morgan fingerprint density at radius 1 is 1.24 bits per heavy atom. The van der Waals surface area contributed by atoms with Gasteiger partial charge in [0.05, 0.1) is 23.3 Å². The lowest BCUT2D eigenvalue weighted by Gasteiger charge is -2.09. The maximum absolute atomic E-state index is 8.46. The lowest BCUT2D eigenvalue weighted by Crippen LogP contribution is -1.96. The second-order valence-electron chi connectivity index (χ2n) is 3.76. The van der Waals surface area contributed by atoms with Crippen molar-refractivity contribution in [1.82, 2.24) is 4.98 Å². The minimum Gasteiger partial charge on any atom is -0.457 e. The third kappa shape index (κ3) is 4.68. The maximum atomic E-state index is 8.46. The summed E-state index contributed by atoms with van der Waals surface area (Å²) in [5.41, 5.74) is 7.80. The van der Waals surface area contributed by atoms with Gasteiger partial charge in [-0.25, -0.2) is 0 Å². The molecular formula is C15H20N4O2. The molecule has 0 fully saturated rings.